The number of hydrogen-bond acceptors (Lipinski definition) is 3. The average Bonchev–Trinajstić information content (AvgIpc) is 2.90. The zero-order valence-corrected chi connectivity index (χ0v) is 11.3. The molecular weight excluding hydrogens is 271 g/mol. The predicted octanol–water partition coefficient (Wildman–Crippen LogP) is 1.49. The first-order valence-corrected chi connectivity index (χ1v) is 6.16. The Kier molecular flexibility index (Phi) is 6.59. The van der Waals surface area contributed by atoms with Gasteiger partial charge >= 0.3 is 0 Å². The number of amides is 1. The van der Waals surface area contributed by atoms with Gasteiger partial charge < -0.3 is 15.4 Å². The van der Waals surface area contributed by atoms with Crippen molar-refractivity contribution >= 4 is 18.3 Å². The SMILES string of the molecule is Cl.O=C(NCCOc1ccccc1F)C1CCCN1. The normalized spacial score (nSPS) is 17.6. The molecule has 19 heavy (non-hydrogen) atoms. The number of benzene rings is 1. The zero-order chi connectivity index (χ0) is 12.8. The maximum Gasteiger partial charge on any atom is 0.237 e. The molecule has 0 bridgehead atoms. The molecule has 106 valence electrons. The maximum atomic E-state index is 13.2. The van der Waals surface area contributed by atoms with Gasteiger partial charge in [-0.15, -0.1) is 12.4 Å². The van der Waals surface area contributed by atoms with E-state index in [0.29, 0.717) is 6.54 Å². The Morgan fingerprint density at radius 2 is 2.26 bits per heavy atom. The van der Waals surface area contributed by atoms with Gasteiger partial charge in [-0.25, -0.2) is 4.39 Å². The highest BCUT2D eigenvalue weighted by atomic mass is 35.5. The second-order valence-corrected chi connectivity index (χ2v) is 4.22. The van der Waals surface area contributed by atoms with E-state index >= 15 is 0 Å². The van der Waals surface area contributed by atoms with E-state index in [1.165, 1.54) is 6.07 Å². The largest absolute Gasteiger partial charge is 0.489 e. The number of nitrogens with one attached hydrogen (secondary N) is 2. The van der Waals surface area contributed by atoms with Crippen molar-refractivity contribution in [2.45, 2.75) is 18.9 Å². The van der Waals surface area contributed by atoms with Crippen molar-refractivity contribution < 1.29 is 13.9 Å². The molecule has 1 unspecified atom stereocenters. The highest BCUT2D eigenvalue weighted by Gasteiger charge is 2.21. The molecular formula is C13H18ClFN2O2. The fraction of sp³-hybridized carbons (Fsp3) is 0.462. The third-order valence-electron chi connectivity index (χ3n) is 2.87. The summed E-state index contributed by atoms with van der Waals surface area (Å²) in [5, 5.41) is 5.88. The van der Waals surface area contributed by atoms with Gasteiger partial charge in [0.2, 0.25) is 5.91 Å². The number of carbonyl (C=O) groups excluding carboxylic acids is 1. The molecule has 1 saturated heterocycles. The van der Waals surface area contributed by atoms with Gasteiger partial charge in [-0.05, 0) is 31.5 Å². The molecule has 1 aromatic carbocycles. The average molecular weight is 289 g/mol. The summed E-state index contributed by atoms with van der Waals surface area (Å²) in [7, 11) is 0. The van der Waals surface area contributed by atoms with Gasteiger partial charge in [0.25, 0.3) is 0 Å². The molecule has 1 atom stereocenters. The first-order valence-electron chi connectivity index (χ1n) is 6.16. The van der Waals surface area contributed by atoms with Crippen LogP contribution in [0.4, 0.5) is 4.39 Å². The zero-order valence-electron chi connectivity index (χ0n) is 10.5. The van der Waals surface area contributed by atoms with Crippen molar-refractivity contribution in [1.82, 2.24) is 10.6 Å². The molecule has 0 spiro atoms. The second-order valence-electron chi connectivity index (χ2n) is 4.22. The van der Waals surface area contributed by atoms with Crippen LogP contribution in [-0.2, 0) is 4.79 Å². The minimum absolute atomic E-state index is 0. The van der Waals surface area contributed by atoms with E-state index < -0.39 is 0 Å². The highest BCUT2D eigenvalue weighted by molar-refractivity contribution is 5.85. The Labute approximate surface area is 118 Å². The van der Waals surface area contributed by atoms with E-state index in [1.54, 1.807) is 18.2 Å². The quantitative estimate of drug-likeness (QED) is 0.807. The van der Waals surface area contributed by atoms with Crippen molar-refractivity contribution in [2.75, 3.05) is 19.7 Å². The summed E-state index contributed by atoms with van der Waals surface area (Å²) in [5.74, 6) is -0.184. The lowest BCUT2D eigenvalue weighted by molar-refractivity contribution is -0.122. The lowest BCUT2D eigenvalue weighted by atomic mass is 10.2. The Balaban J connectivity index is 0.00000180. The van der Waals surface area contributed by atoms with Crippen LogP contribution >= 0.6 is 12.4 Å². The minimum Gasteiger partial charge on any atom is -0.489 e. The molecule has 4 nitrogen and oxygen atoms in total. The van der Waals surface area contributed by atoms with Crippen molar-refractivity contribution in [3.05, 3.63) is 30.1 Å². The fourth-order valence-electron chi connectivity index (χ4n) is 1.93. The van der Waals surface area contributed by atoms with Crippen LogP contribution < -0.4 is 15.4 Å². The van der Waals surface area contributed by atoms with Crippen molar-refractivity contribution in [2.24, 2.45) is 0 Å². The topological polar surface area (TPSA) is 50.4 Å². The number of hydrogen-bond donors (Lipinski definition) is 2. The molecule has 0 aliphatic carbocycles. The number of rotatable bonds is 5. The fourth-order valence-corrected chi connectivity index (χ4v) is 1.93. The standard InChI is InChI=1S/C13H17FN2O2.ClH/c14-10-4-1-2-6-12(10)18-9-8-16-13(17)11-5-3-7-15-11;/h1-2,4,6,11,15H,3,5,7-9H2,(H,16,17);1H. The summed E-state index contributed by atoms with van der Waals surface area (Å²) in [6.07, 6.45) is 1.91. The van der Waals surface area contributed by atoms with Crippen LogP contribution in [0, 0.1) is 5.82 Å². The second kappa shape index (κ2) is 7.96. The van der Waals surface area contributed by atoms with E-state index in [0.717, 1.165) is 19.4 Å². The summed E-state index contributed by atoms with van der Waals surface area (Å²) < 4.78 is 18.4. The van der Waals surface area contributed by atoms with Crippen LogP contribution in [0.3, 0.4) is 0 Å². The summed E-state index contributed by atoms with van der Waals surface area (Å²) >= 11 is 0. The summed E-state index contributed by atoms with van der Waals surface area (Å²) in [6.45, 7) is 1.54. The van der Waals surface area contributed by atoms with E-state index in [-0.39, 0.29) is 42.5 Å². The van der Waals surface area contributed by atoms with Crippen molar-refractivity contribution in [3.63, 3.8) is 0 Å². The number of ether oxygens (including phenoxy) is 1. The molecule has 2 rings (SSSR count). The number of carbonyl (C=O) groups is 1. The van der Waals surface area contributed by atoms with Crippen LogP contribution in [-0.4, -0.2) is 31.6 Å². The smallest absolute Gasteiger partial charge is 0.237 e. The summed E-state index contributed by atoms with van der Waals surface area (Å²) in [5.41, 5.74) is 0. The third-order valence-corrected chi connectivity index (χ3v) is 2.87. The first kappa shape index (κ1) is 15.7. The van der Waals surface area contributed by atoms with Crippen LogP contribution in [0.5, 0.6) is 5.75 Å². The summed E-state index contributed by atoms with van der Waals surface area (Å²) in [4.78, 5) is 11.6. The van der Waals surface area contributed by atoms with Crippen LogP contribution in [0.15, 0.2) is 24.3 Å². The molecule has 0 aromatic heterocycles. The van der Waals surface area contributed by atoms with E-state index in [4.69, 9.17) is 4.74 Å². The van der Waals surface area contributed by atoms with Crippen LogP contribution in [0.2, 0.25) is 0 Å². The lowest BCUT2D eigenvalue weighted by Crippen LogP contribution is -2.41. The van der Waals surface area contributed by atoms with Crippen LogP contribution in [0.25, 0.3) is 0 Å². The molecule has 1 aliphatic heterocycles. The maximum absolute atomic E-state index is 13.2. The van der Waals surface area contributed by atoms with Crippen LogP contribution in [0.1, 0.15) is 12.8 Å². The molecule has 0 radical (unpaired) electrons. The molecule has 6 heteroatoms. The molecule has 1 aliphatic rings. The molecule has 2 N–H and O–H groups in total. The predicted molar refractivity (Wildman–Crippen MR) is 73.2 cm³/mol. The summed E-state index contributed by atoms with van der Waals surface area (Å²) in [6, 6.07) is 6.14. The van der Waals surface area contributed by atoms with Gasteiger partial charge in [-0.1, -0.05) is 12.1 Å². The Hall–Kier alpha value is -1.33. The van der Waals surface area contributed by atoms with Gasteiger partial charge in [0.1, 0.15) is 6.61 Å². The molecule has 1 amide bonds. The minimum atomic E-state index is -0.388. The van der Waals surface area contributed by atoms with Gasteiger partial charge in [-0.3, -0.25) is 4.79 Å². The Morgan fingerprint density at radius 1 is 1.47 bits per heavy atom. The van der Waals surface area contributed by atoms with Gasteiger partial charge in [0.05, 0.1) is 12.6 Å². The highest BCUT2D eigenvalue weighted by Crippen LogP contribution is 2.14. The molecule has 1 heterocycles. The van der Waals surface area contributed by atoms with E-state index in [9.17, 15) is 9.18 Å². The number of para-hydroxylation sites is 1. The molecule has 1 fully saturated rings. The first-order chi connectivity index (χ1) is 8.77. The van der Waals surface area contributed by atoms with Gasteiger partial charge in [0, 0.05) is 0 Å². The van der Waals surface area contributed by atoms with Crippen molar-refractivity contribution in [3.8, 4) is 5.75 Å². The molecule has 1 aromatic rings. The van der Waals surface area contributed by atoms with Gasteiger partial charge in [0.15, 0.2) is 11.6 Å². The third kappa shape index (κ3) is 4.69. The molecule has 0 saturated carbocycles. The number of halogens is 2. The van der Waals surface area contributed by atoms with E-state index in [2.05, 4.69) is 10.6 Å². The van der Waals surface area contributed by atoms with Crippen molar-refractivity contribution in [1.29, 1.82) is 0 Å². The Morgan fingerprint density at radius 3 is 2.95 bits per heavy atom. The Bertz CT molecular complexity index is 411. The lowest BCUT2D eigenvalue weighted by Gasteiger charge is -2.11. The van der Waals surface area contributed by atoms with Gasteiger partial charge in [-0.2, -0.15) is 0 Å². The monoisotopic (exact) mass is 288 g/mol. The van der Waals surface area contributed by atoms with E-state index in [1.807, 2.05) is 0 Å².